The minimum Gasteiger partial charge on any atom is -0.454 e. The molecule has 2 heterocycles. The molecule has 29 heavy (non-hydrogen) atoms. The summed E-state index contributed by atoms with van der Waals surface area (Å²) < 4.78 is 24.3. The second-order valence-corrected chi connectivity index (χ2v) is 7.83. The number of hydrogen-bond donors (Lipinski definition) is 3. The Morgan fingerprint density at radius 3 is 2.90 bits per heavy atom. The van der Waals surface area contributed by atoms with Crippen LogP contribution in [0.3, 0.4) is 0 Å². The summed E-state index contributed by atoms with van der Waals surface area (Å²) >= 11 is 1.37. The Labute approximate surface area is 171 Å². The number of carbonyl (C=O) groups excluding carboxylic acids is 2. The molecule has 9 heteroatoms. The Hall–Kier alpha value is -2.78. The number of nitrogens with one attached hydrogen (secondary N) is 3. The van der Waals surface area contributed by atoms with Crippen LogP contribution in [-0.4, -0.2) is 30.1 Å². The van der Waals surface area contributed by atoms with Crippen LogP contribution in [0.4, 0.5) is 10.1 Å². The number of thioether (sulfide) groups is 1. The van der Waals surface area contributed by atoms with E-state index < -0.39 is 0 Å². The van der Waals surface area contributed by atoms with Crippen molar-refractivity contribution in [1.82, 2.24) is 10.6 Å². The van der Waals surface area contributed by atoms with Crippen LogP contribution < -0.4 is 25.4 Å². The topological polar surface area (TPSA) is 88.7 Å². The van der Waals surface area contributed by atoms with E-state index in [1.165, 1.54) is 17.8 Å². The Balaban J connectivity index is 1.30. The van der Waals surface area contributed by atoms with Gasteiger partial charge in [-0.1, -0.05) is 18.2 Å². The summed E-state index contributed by atoms with van der Waals surface area (Å²) in [7, 11) is 0. The van der Waals surface area contributed by atoms with Crippen LogP contribution in [0.15, 0.2) is 42.5 Å². The third kappa shape index (κ3) is 4.99. The minimum atomic E-state index is -0.390. The number of anilines is 1. The number of rotatable bonds is 6. The quantitative estimate of drug-likeness (QED) is 0.670. The molecule has 2 amide bonds. The second kappa shape index (κ2) is 8.71. The predicted molar refractivity (Wildman–Crippen MR) is 107 cm³/mol. The zero-order valence-corrected chi connectivity index (χ0v) is 16.3. The van der Waals surface area contributed by atoms with Gasteiger partial charge in [0.05, 0.1) is 0 Å². The Morgan fingerprint density at radius 2 is 2.03 bits per heavy atom. The van der Waals surface area contributed by atoms with Gasteiger partial charge in [0.1, 0.15) is 11.3 Å². The lowest BCUT2D eigenvalue weighted by Gasteiger charge is -2.31. The smallest absolute Gasteiger partial charge is 0.231 e. The van der Waals surface area contributed by atoms with E-state index in [2.05, 4.69) is 16.0 Å². The van der Waals surface area contributed by atoms with Crippen molar-refractivity contribution in [3.63, 3.8) is 0 Å². The molecule has 0 bridgehead atoms. The average Bonchev–Trinajstić information content (AvgIpc) is 3.14. The molecule has 1 fully saturated rings. The van der Waals surface area contributed by atoms with Gasteiger partial charge in [-0.2, -0.15) is 0 Å². The first-order valence-corrected chi connectivity index (χ1v) is 10.2. The van der Waals surface area contributed by atoms with Crippen LogP contribution in [-0.2, 0) is 15.3 Å². The molecule has 4 rings (SSSR count). The van der Waals surface area contributed by atoms with Crippen LogP contribution in [0, 0.1) is 5.82 Å². The van der Waals surface area contributed by atoms with Crippen LogP contribution in [0.2, 0.25) is 0 Å². The molecule has 2 aliphatic rings. The number of hydrogen-bond acceptors (Lipinski definition) is 6. The average molecular weight is 417 g/mol. The molecule has 1 saturated heterocycles. The highest BCUT2D eigenvalue weighted by molar-refractivity contribution is 7.99. The Kier molecular flexibility index (Phi) is 5.86. The molecule has 0 aliphatic carbocycles. The highest BCUT2D eigenvalue weighted by atomic mass is 32.2. The van der Waals surface area contributed by atoms with E-state index in [1.54, 1.807) is 36.4 Å². The van der Waals surface area contributed by atoms with Crippen molar-refractivity contribution in [2.75, 3.05) is 12.1 Å². The Bertz CT molecular complexity index is 926. The fourth-order valence-corrected chi connectivity index (χ4v) is 4.25. The fourth-order valence-electron chi connectivity index (χ4n) is 3.16. The second-order valence-electron chi connectivity index (χ2n) is 6.74. The molecule has 152 valence electrons. The van der Waals surface area contributed by atoms with Gasteiger partial charge < -0.3 is 20.1 Å². The van der Waals surface area contributed by atoms with Crippen molar-refractivity contribution in [2.45, 2.75) is 30.1 Å². The Morgan fingerprint density at radius 1 is 1.21 bits per heavy atom. The lowest BCUT2D eigenvalue weighted by Crippen LogP contribution is -2.55. The number of halogens is 1. The molecule has 0 aromatic heterocycles. The molecule has 3 N–H and O–H groups in total. The van der Waals surface area contributed by atoms with Crippen molar-refractivity contribution in [2.24, 2.45) is 0 Å². The van der Waals surface area contributed by atoms with E-state index in [1.807, 2.05) is 0 Å². The maximum Gasteiger partial charge on any atom is 0.231 e. The number of amides is 2. The third-order valence-corrected chi connectivity index (χ3v) is 5.63. The molecular weight excluding hydrogens is 397 g/mol. The molecule has 0 saturated carbocycles. The summed E-state index contributed by atoms with van der Waals surface area (Å²) in [6.45, 7) is 0.166. The first kappa shape index (κ1) is 19.5. The molecule has 0 spiro atoms. The van der Waals surface area contributed by atoms with Gasteiger partial charge in [0, 0.05) is 36.4 Å². The molecule has 2 aliphatic heterocycles. The van der Waals surface area contributed by atoms with E-state index in [9.17, 15) is 14.0 Å². The molecule has 2 aromatic carbocycles. The maximum absolute atomic E-state index is 13.8. The van der Waals surface area contributed by atoms with Gasteiger partial charge in [-0.3, -0.25) is 14.9 Å². The summed E-state index contributed by atoms with van der Waals surface area (Å²) in [5.74, 6) is 0.998. The van der Waals surface area contributed by atoms with E-state index in [4.69, 9.17) is 9.47 Å². The standard InChI is InChI=1S/C20H20FN3O4S/c21-15-4-2-1-3-12(15)10-29-20-23-14(9-19(26)24-20)8-18(25)22-13-5-6-16-17(7-13)28-11-27-16/h1-7,14,20,23H,8-11H2,(H,22,25)(H,24,26). The monoisotopic (exact) mass is 417 g/mol. The van der Waals surface area contributed by atoms with Crippen molar-refractivity contribution in [3.8, 4) is 11.5 Å². The van der Waals surface area contributed by atoms with Crippen molar-refractivity contribution in [3.05, 3.63) is 53.8 Å². The maximum atomic E-state index is 13.8. The minimum absolute atomic E-state index is 0.138. The van der Waals surface area contributed by atoms with E-state index in [-0.39, 0.29) is 48.8 Å². The van der Waals surface area contributed by atoms with Crippen LogP contribution in [0.5, 0.6) is 11.5 Å². The zero-order valence-electron chi connectivity index (χ0n) is 15.4. The van der Waals surface area contributed by atoms with Gasteiger partial charge in [-0.05, 0) is 23.8 Å². The first-order chi connectivity index (χ1) is 14.1. The van der Waals surface area contributed by atoms with Gasteiger partial charge in [-0.15, -0.1) is 11.8 Å². The molecule has 2 unspecified atom stereocenters. The summed E-state index contributed by atoms with van der Waals surface area (Å²) in [6.07, 6.45) is 0.337. The van der Waals surface area contributed by atoms with Crippen LogP contribution in [0.1, 0.15) is 18.4 Å². The van der Waals surface area contributed by atoms with Crippen molar-refractivity contribution < 1.29 is 23.5 Å². The number of carbonyl (C=O) groups is 2. The lowest BCUT2D eigenvalue weighted by molar-refractivity contribution is -0.124. The molecule has 0 radical (unpaired) electrons. The fraction of sp³-hybridized carbons (Fsp3) is 0.300. The normalized spacial score (nSPS) is 20.2. The van der Waals surface area contributed by atoms with Gasteiger partial charge in [0.15, 0.2) is 11.5 Å². The first-order valence-electron chi connectivity index (χ1n) is 9.17. The number of ether oxygens (including phenoxy) is 2. The number of fused-ring (bicyclic) bond motifs is 1. The van der Waals surface area contributed by atoms with Gasteiger partial charge in [-0.25, -0.2) is 4.39 Å². The highest BCUT2D eigenvalue weighted by Gasteiger charge is 2.28. The summed E-state index contributed by atoms with van der Waals surface area (Å²) in [5.41, 5.74) is 0.778. The van der Waals surface area contributed by atoms with E-state index >= 15 is 0 Å². The molecule has 2 atom stereocenters. The third-order valence-electron chi connectivity index (χ3n) is 4.56. The summed E-state index contributed by atoms with van der Waals surface area (Å²) in [6, 6.07) is 11.4. The van der Waals surface area contributed by atoms with Gasteiger partial charge in [0.2, 0.25) is 18.6 Å². The largest absolute Gasteiger partial charge is 0.454 e. The predicted octanol–water partition coefficient (Wildman–Crippen LogP) is 2.58. The van der Waals surface area contributed by atoms with Crippen LogP contribution >= 0.6 is 11.8 Å². The number of benzene rings is 2. The van der Waals surface area contributed by atoms with Crippen LogP contribution in [0.25, 0.3) is 0 Å². The van der Waals surface area contributed by atoms with E-state index in [0.717, 1.165) is 0 Å². The van der Waals surface area contributed by atoms with Gasteiger partial charge in [0.25, 0.3) is 0 Å². The summed E-state index contributed by atoms with van der Waals surface area (Å²) in [4.78, 5) is 24.4. The highest BCUT2D eigenvalue weighted by Crippen LogP contribution is 2.34. The molecule has 7 nitrogen and oxygen atoms in total. The van der Waals surface area contributed by atoms with E-state index in [0.29, 0.717) is 28.5 Å². The van der Waals surface area contributed by atoms with Crippen molar-refractivity contribution >= 4 is 29.3 Å². The molecular formula is C20H20FN3O4S. The van der Waals surface area contributed by atoms with Gasteiger partial charge >= 0.3 is 0 Å². The summed E-state index contributed by atoms with van der Waals surface area (Å²) in [5, 5.41) is 8.86. The SMILES string of the molecule is O=C(CC1CC(=O)NC(SCc2ccccc2F)N1)Nc1ccc2c(c1)OCO2. The zero-order chi connectivity index (χ0) is 20.2. The van der Waals surface area contributed by atoms with Crippen molar-refractivity contribution in [1.29, 1.82) is 0 Å². The lowest BCUT2D eigenvalue weighted by atomic mass is 10.1. The molecule has 2 aromatic rings.